The van der Waals surface area contributed by atoms with Crippen molar-refractivity contribution in [3.63, 3.8) is 0 Å². The van der Waals surface area contributed by atoms with Gasteiger partial charge in [0.05, 0.1) is 6.20 Å². The molecular formula is C10H20N2. The highest BCUT2D eigenvalue weighted by Gasteiger charge is 2.02. The number of rotatable bonds is 2. The molecule has 0 amide bonds. The predicted octanol–water partition coefficient (Wildman–Crippen LogP) is 2.57. The lowest BCUT2D eigenvalue weighted by Crippen LogP contribution is -1.97. The summed E-state index contributed by atoms with van der Waals surface area (Å²) >= 11 is 0. The van der Waals surface area contributed by atoms with Gasteiger partial charge in [0.25, 0.3) is 0 Å². The third-order valence-electron chi connectivity index (χ3n) is 1.86. The summed E-state index contributed by atoms with van der Waals surface area (Å²) in [5.41, 5.74) is 2.74. The number of hydrogen-bond donors (Lipinski definition) is 0. The Labute approximate surface area is 75.6 Å². The molecule has 12 heavy (non-hydrogen) atoms. The number of nitrogens with zero attached hydrogens (tertiary/aromatic N) is 2. The standard InChI is InChI=1S/C8H14N2.C2H6/c1-4-7-6-9-10(3)8(7)5-2;1-2/h6H,4-5H2,1-3H3;1-2H3. The fourth-order valence-corrected chi connectivity index (χ4v) is 1.26. The summed E-state index contributed by atoms with van der Waals surface area (Å²) in [6.45, 7) is 8.33. The van der Waals surface area contributed by atoms with E-state index in [1.807, 2.05) is 31.8 Å². The summed E-state index contributed by atoms with van der Waals surface area (Å²) < 4.78 is 1.96. The van der Waals surface area contributed by atoms with Crippen LogP contribution in [0.5, 0.6) is 0 Å². The van der Waals surface area contributed by atoms with E-state index in [0.717, 1.165) is 12.8 Å². The zero-order valence-corrected chi connectivity index (χ0v) is 8.89. The lowest BCUT2D eigenvalue weighted by molar-refractivity contribution is 0.715. The Morgan fingerprint density at radius 3 is 2.17 bits per heavy atom. The van der Waals surface area contributed by atoms with E-state index in [1.54, 1.807) is 0 Å². The van der Waals surface area contributed by atoms with Crippen LogP contribution in [-0.4, -0.2) is 9.78 Å². The van der Waals surface area contributed by atoms with Crippen molar-refractivity contribution in [3.8, 4) is 0 Å². The highest BCUT2D eigenvalue weighted by atomic mass is 15.3. The minimum absolute atomic E-state index is 1.08. The van der Waals surface area contributed by atoms with Crippen LogP contribution in [0.4, 0.5) is 0 Å². The van der Waals surface area contributed by atoms with Gasteiger partial charge in [-0.2, -0.15) is 5.10 Å². The third-order valence-corrected chi connectivity index (χ3v) is 1.86. The molecule has 2 heteroatoms. The van der Waals surface area contributed by atoms with E-state index in [4.69, 9.17) is 0 Å². The Kier molecular flexibility index (Phi) is 5.43. The maximum absolute atomic E-state index is 4.17. The number of hydrogen-bond acceptors (Lipinski definition) is 1. The van der Waals surface area contributed by atoms with Crippen LogP contribution in [0.15, 0.2) is 6.20 Å². The van der Waals surface area contributed by atoms with Gasteiger partial charge in [0.2, 0.25) is 0 Å². The molecule has 0 bridgehead atoms. The van der Waals surface area contributed by atoms with Crippen molar-refractivity contribution < 1.29 is 0 Å². The Balaban J connectivity index is 0.000000561. The topological polar surface area (TPSA) is 17.8 Å². The van der Waals surface area contributed by atoms with Crippen molar-refractivity contribution in [1.82, 2.24) is 9.78 Å². The molecule has 2 nitrogen and oxygen atoms in total. The van der Waals surface area contributed by atoms with Gasteiger partial charge < -0.3 is 0 Å². The quantitative estimate of drug-likeness (QED) is 0.663. The fraction of sp³-hybridized carbons (Fsp3) is 0.700. The molecule has 1 heterocycles. The van der Waals surface area contributed by atoms with E-state index >= 15 is 0 Å². The molecular weight excluding hydrogens is 148 g/mol. The van der Waals surface area contributed by atoms with Crippen molar-refractivity contribution in [1.29, 1.82) is 0 Å². The molecule has 1 aromatic rings. The van der Waals surface area contributed by atoms with Crippen molar-refractivity contribution in [2.75, 3.05) is 0 Å². The van der Waals surface area contributed by atoms with E-state index in [9.17, 15) is 0 Å². The minimum Gasteiger partial charge on any atom is -0.272 e. The SMILES string of the molecule is CC.CCc1cnn(C)c1CC. The van der Waals surface area contributed by atoms with Gasteiger partial charge in [-0.3, -0.25) is 4.68 Å². The van der Waals surface area contributed by atoms with Crippen LogP contribution < -0.4 is 0 Å². The molecule has 0 atom stereocenters. The lowest BCUT2D eigenvalue weighted by atomic mass is 10.2. The minimum atomic E-state index is 1.08. The zero-order chi connectivity index (χ0) is 9.56. The molecule has 0 fully saturated rings. The van der Waals surface area contributed by atoms with Gasteiger partial charge in [0.1, 0.15) is 0 Å². The summed E-state index contributed by atoms with van der Waals surface area (Å²) in [5.74, 6) is 0. The van der Waals surface area contributed by atoms with Crippen LogP contribution in [0.2, 0.25) is 0 Å². The predicted molar refractivity (Wildman–Crippen MR) is 53.3 cm³/mol. The molecule has 0 aromatic carbocycles. The molecule has 0 saturated heterocycles. The molecule has 0 spiro atoms. The average molecular weight is 168 g/mol. The Morgan fingerprint density at radius 2 is 1.83 bits per heavy atom. The van der Waals surface area contributed by atoms with E-state index in [0.29, 0.717) is 0 Å². The van der Waals surface area contributed by atoms with E-state index in [2.05, 4.69) is 18.9 Å². The first-order valence-electron chi connectivity index (χ1n) is 4.79. The number of aromatic nitrogens is 2. The first-order chi connectivity index (χ1) is 5.79. The number of aryl methyl sites for hydroxylation is 2. The summed E-state index contributed by atoms with van der Waals surface area (Å²) in [5, 5.41) is 4.17. The first kappa shape index (κ1) is 11.2. The van der Waals surface area contributed by atoms with E-state index in [1.165, 1.54) is 11.3 Å². The van der Waals surface area contributed by atoms with Gasteiger partial charge in [-0.1, -0.05) is 27.7 Å². The highest BCUT2D eigenvalue weighted by molar-refractivity contribution is 5.16. The van der Waals surface area contributed by atoms with Crippen molar-refractivity contribution >= 4 is 0 Å². The van der Waals surface area contributed by atoms with Gasteiger partial charge >= 0.3 is 0 Å². The van der Waals surface area contributed by atoms with Crippen molar-refractivity contribution in [2.24, 2.45) is 7.05 Å². The van der Waals surface area contributed by atoms with Crippen LogP contribution in [0, 0.1) is 0 Å². The molecule has 70 valence electrons. The van der Waals surface area contributed by atoms with Crippen LogP contribution in [-0.2, 0) is 19.9 Å². The normalized spacial score (nSPS) is 9.08. The smallest absolute Gasteiger partial charge is 0.0524 e. The largest absolute Gasteiger partial charge is 0.272 e. The van der Waals surface area contributed by atoms with Crippen LogP contribution in [0.1, 0.15) is 39.0 Å². The molecule has 0 unspecified atom stereocenters. The Bertz CT molecular complexity index is 214. The molecule has 0 saturated carbocycles. The maximum Gasteiger partial charge on any atom is 0.0524 e. The van der Waals surface area contributed by atoms with E-state index in [-0.39, 0.29) is 0 Å². The Morgan fingerprint density at radius 1 is 1.25 bits per heavy atom. The first-order valence-corrected chi connectivity index (χ1v) is 4.79. The average Bonchev–Trinajstić information content (AvgIpc) is 2.49. The third kappa shape index (κ3) is 2.36. The highest BCUT2D eigenvalue weighted by Crippen LogP contribution is 2.07. The molecule has 0 aliphatic rings. The van der Waals surface area contributed by atoms with E-state index < -0.39 is 0 Å². The van der Waals surface area contributed by atoms with Gasteiger partial charge in [-0.05, 0) is 18.4 Å². The molecule has 0 N–H and O–H groups in total. The molecule has 0 aliphatic carbocycles. The zero-order valence-electron chi connectivity index (χ0n) is 8.89. The Hall–Kier alpha value is -0.790. The monoisotopic (exact) mass is 168 g/mol. The summed E-state index contributed by atoms with van der Waals surface area (Å²) in [6, 6.07) is 0. The van der Waals surface area contributed by atoms with Crippen LogP contribution >= 0.6 is 0 Å². The summed E-state index contributed by atoms with van der Waals surface area (Å²) in [4.78, 5) is 0. The lowest BCUT2D eigenvalue weighted by Gasteiger charge is -1.98. The second-order valence-corrected chi connectivity index (χ2v) is 2.45. The van der Waals surface area contributed by atoms with Crippen molar-refractivity contribution in [3.05, 3.63) is 17.5 Å². The molecule has 1 rings (SSSR count). The molecule has 0 radical (unpaired) electrons. The molecule has 0 aliphatic heterocycles. The van der Waals surface area contributed by atoms with Gasteiger partial charge in [0, 0.05) is 12.7 Å². The summed E-state index contributed by atoms with van der Waals surface area (Å²) in [6.07, 6.45) is 4.13. The van der Waals surface area contributed by atoms with Crippen molar-refractivity contribution in [2.45, 2.75) is 40.5 Å². The summed E-state index contributed by atoms with van der Waals surface area (Å²) in [7, 11) is 2.00. The molecule has 1 aromatic heterocycles. The van der Waals surface area contributed by atoms with Crippen LogP contribution in [0.25, 0.3) is 0 Å². The maximum atomic E-state index is 4.17. The fourth-order valence-electron chi connectivity index (χ4n) is 1.26. The second kappa shape index (κ2) is 5.81. The van der Waals surface area contributed by atoms with Gasteiger partial charge in [-0.25, -0.2) is 0 Å². The van der Waals surface area contributed by atoms with Gasteiger partial charge in [-0.15, -0.1) is 0 Å². The van der Waals surface area contributed by atoms with Crippen LogP contribution in [0.3, 0.4) is 0 Å². The van der Waals surface area contributed by atoms with Gasteiger partial charge in [0.15, 0.2) is 0 Å². The second-order valence-electron chi connectivity index (χ2n) is 2.45.